The standard InChI is InChI=1S/C6H8O6.2K.Na.3H/c7-4(8)1-2-6(11)12-3-5(9)10;;;;;;/h1-3H2,(H,7,8)(H,9,10);;;;;;/q;3*+1;3*-1. The van der Waals surface area contributed by atoms with Gasteiger partial charge in [-0.2, -0.15) is 0 Å². The monoisotopic (exact) mass is 280 g/mol. The van der Waals surface area contributed by atoms with Crippen molar-refractivity contribution < 1.29 is 166 Å². The second kappa shape index (κ2) is 16.7. The molecule has 0 saturated heterocycles. The molecule has 0 aliphatic heterocycles. The first-order chi connectivity index (χ1) is 5.52. The van der Waals surface area contributed by atoms with E-state index in [1.807, 2.05) is 0 Å². The molecule has 0 fully saturated rings. The first-order valence-corrected chi connectivity index (χ1v) is 3.11. The summed E-state index contributed by atoms with van der Waals surface area (Å²) in [7, 11) is 0. The molecular formula is C6H11K2NaO6. The molecule has 0 heterocycles. The summed E-state index contributed by atoms with van der Waals surface area (Å²) < 4.78 is 4.15. The molecule has 2 N–H and O–H groups in total. The summed E-state index contributed by atoms with van der Waals surface area (Å²) in [5, 5.41) is 16.2. The number of hydrogen-bond donors (Lipinski definition) is 2. The Hall–Kier alpha value is 2.68. The molecular weight excluding hydrogens is 269 g/mol. The Bertz CT molecular complexity index is 201. The first kappa shape index (κ1) is 26.3. The largest absolute Gasteiger partial charge is 1.00 e. The van der Waals surface area contributed by atoms with Crippen molar-refractivity contribution in [1.29, 1.82) is 0 Å². The van der Waals surface area contributed by atoms with Crippen LogP contribution in [-0.2, 0) is 19.1 Å². The van der Waals surface area contributed by atoms with E-state index < -0.39 is 24.5 Å². The number of esters is 1. The first-order valence-electron chi connectivity index (χ1n) is 3.11. The average Bonchev–Trinajstić information content (AvgIpc) is 1.96. The maximum Gasteiger partial charge on any atom is 1.00 e. The third-order valence-corrected chi connectivity index (χ3v) is 0.900. The topological polar surface area (TPSA) is 101 Å². The van der Waals surface area contributed by atoms with E-state index >= 15 is 0 Å². The second-order valence-corrected chi connectivity index (χ2v) is 1.95. The number of hydrogen-bond acceptors (Lipinski definition) is 4. The van der Waals surface area contributed by atoms with Crippen LogP contribution in [0.3, 0.4) is 0 Å². The Morgan fingerprint density at radius 2 is 1.47 bits per heavy atom. The van der Waals surface area contributed by atoms with Crippen LogP contribution in [-0.4, -0.2) is 34.7 Å². The van der Waals surface area contributed by atoms with Crippen molar-refractivity contribution in [2.24, 2.45) is 0 Å². The predicted molar refractivity (Wildman–Crippen MR) is 38.8 cm³/mol. The minimum atomic E-state index is -1.27. The SMILES string of the molecule is O=C(O)CCC(=O)OCC(=O)O.[H-].[H-].[H-].[K+].[K+].[Na+]. The van der Waals surface area contributed by atoms with Crippen molar-refractivity contribution in [3.63, 3.8) is 0 Å². The van der Waals surface area contributed by atoms with Crippen LogP contribution in [0.15, 0.2) is 0 Å². The van der Waals surface area contributed by atoms with Gasteiger partial charge in [0.15, 0.2) is 6.61 Å². The average molecular weight is 280 g/mol. The van der Waals surface area contributed by atoms with Gasteiger partial charge < -0.3 is 19.2 Å². The Balaban J connectivity index is -0.0000000403. The van der Waals surface area contributed by atoms with Crippen LogP contribution in [0, 0.1) is 0 Å². The Labute approximate surface area is 198 Å². The van der Waals surface area contributed by atoms with E-state index in [2.05, 4.69) is 4.74 Å². The van der Waals surface area contributed by atoms with Crippen molar-refractivity contribution in [2.45, 2.75) is 12.8 Å². The van der Waals surface area contributed by atoms with E-state index in [9.17, 15) is 14.4 Å². The van der Waals surface area contributed by atoms with Crippen LogP contribution in [0.5, 0.6) is 0 Å². The fourth-order valence-corrected chi connectivity index (χ4v) is 0.423. The van der Waals surface area contributed by atoms with E-state index in [-0.39, 0.29) is 149 Å². The summed E-state index contributed by atoms with van der Waals surface area (Å²) in [6.07, 6.45) is -0.652. The van der Waals surface area contributed by atoms with Gasteiger partial charge in [-0.25, -0.2) is 4.79 Å². The molecule has 0 spiro atoms. The number of ether oxygens (including phenoxy) is 1. The summed E-state index contributed by atoms with van der Waals surface area (Å²) in [6.45, 7) is -0.724. The van der Waals surface area contributed by atoms with Crippen LogP contribution < -0.4 is 132 Å². The molecule has 6 nitrogen and oxygen atoms in total. The van der Waals surface area contributed by atoms with Crippen LogP contribution in [0.1, 0.15) is 17.1 Å². The van der Waals surface area contributed by atoms with Crippen molar-refractivity contribution in [3.8, 4) is 0 Å². The Morgan fingerprint density at radius 3 is 1.80 bits per heavy atom. The number of carbonyl (C=O) groups excluding carboxylic acids is 1. The van der Waals surface area contributed by atoms with E-state index in [0.29, 0.717) is 0 Å². The van der Waals surface area contributed by atoms with Gasteiger partial charge in [0.1, 0.15) is 0 Å². The molecule has 0 aromatic carbocycles. The van der Waals surface area contributed by atoms with Gasteiger partial charge in [0.25, 0.3) is 0 Å². The molecule has 0 aliphatic carbocycles. The zero-order valence-electron chi connectivity index (χ0n) is 12.1. The predicted octanol–water partition coefficient (Wildman–Crippen LogP) is -9.17. The van der Waals surface area contributed by atoms with Gasteiger partial charge in [0.2, 0.25) is 0 Å². The fourth-order valence-electron chi connectivity index (χ4n) is 0.423. The van der Waals surface area contributed by atoms with Crippen molar-refractivity contribution in [1.82, 2.24) is 0 Å². The maximum absolute atomic E-state index is 10.5. The van der Waals surface area contributed by atoms with Gasteiger partial charge >= 0.3 is 150 Å². The molecule has 0 saturated carbocycles. The zero-order chi connectivity index (χ0) is 9.56. The van der Waals surface area contributed by atoms with E-state index in [1.165, 1.54) is 0 Å². The van der Waals surface area contributed by atoms with Gasteiger partial charge in [-0.3, -0.25) is 9.59 Å². The maximum atomic E-state index is 10.5. The van der Waals surface area contributed by atoms with Crippen LogP contribution in [0.2, 0.25) is 0 Å². The third kappa shape index (κ3) is 22.4. The molecule has 74 valence electrons. The molecule has 0 radical (unpaired) electrons. The van der Waals surface area contributed by atoms with Crippen LogP contribution >= 0.6 is 0 Å². The third-order valence-electron chi connectivity index (χ3n) is 0.900. The van der Waals surface area contributed by atoms with Gasteiger partial charge in [-0.15, -0.1) is 0 Å². The van der Waals surface area contributed by atoms with Gasteiger partial charge in [-0.05, 0) is 0 Å². The molecule has 0 amide bonds. The summed E-state index contributed by atoms with van der Waals surface area (Å²) in [5.74, 6) is -3.21. The van der Waals surface area contributed by atoms with Gasteiger partial charge in [-0.1, -0.05) is 0 Å². The molecule has 0 aliphatic rings. The molecule has 0 rings (SSSR count). The Kier molecular flexibility index (Phi) is 29.2. The van der Waals surface area contributed by atoms with Crippen molar-refractivity contribution in [2.75, 3.05) is 6.61 Å². The number of carboxylic acids is 2. The summed E-state index contributed by atoms with van der Waals surface area (Å²) in [6, 6.07) is 0. The fraction of sp³-hybridized carbons (Fsp3) is 0.500. The van der Waals surface area contributed by atoms with Crippen molar-refractivity contribution in [3.05, 3.63) is 0 Å². The van der Waals surface area contributed by atoms with E-state index in [0.717, 1.165) is 0 Å². The summed E-state index contributed by atoms with van der Waals surface area (Å²) >= 11 is 0. The minimum absolute atomic E-state index is 0. The number of carboxylic acid groups (broad SMARTS) is 2. The van der Waals surface area contributed by atoms with Crippen LogP contribution in [0.4, 0.5) is 0 Å². The number of rotatable bonds is 5. The molecule has 0 aromatic rings. The smallest absolute Gasteiger partial charge is 1.00 e. The quantitative estimate of drug-likeness (QED) is 0.383. The molecule has 0 unspecified atom stereocenters. The number of aliphatic carboxylic acids is 2. The second-order valence-electron chi connectivity index (χ2n) is 1.95. The summed E-state index contributed by atoms with van der Waals surface area (Å²) in [5.41, 5.74) is 0. The van der Waals surface area contributed by atoms with E-state index in [1.54, 1.807) is 0 Å². The van der Waals surface area contributed by atoms with Gasteiger partial charge in [0, 0.05) is 0 Å². The molecule has 15 heavy (non-hydrogen) atoms. The molecule has 0 aromatic heterocycles. The van der Waals surface area contributed by atoms with Gasteiger partial charge in [0.05, 0.1) is 12.8 Å². The van der Waals surface area contributed by atoms with Crippen LogP contribution in [0.25, 0.3) is 0 Å². The van der Waals surface area contributed by atoms with E-state index in [4.69, 9.17) is 10.2 Å². The normalized spacial score (nSPS) is 7.20. The molecule has 9 heteroatoms. The molecule has 0 atom stereocenters. The molecule has 0 bridgehead atoms. The summed E-state index contributed by atoms with van der Waals surface area (Å²) in [4.78, 5) is 30.3. The Morgan fingerprint density at radius 1 is 1.00 bits per heavy atom. The zero-order valence-corrected chi connectivity index (χ0v) is 17.4. The number of carbonyl (C=O) groups is 3. The minimum Gasteiger partial charge on any atom is -1.00 e. The van der Waals surface area contributed by atoms with Crippen molar-refractivity contribution >= 4 is 17.9 Å².